The fourth-order valence-electron chi connectivity index (χ4n) is 1.79. The number of Topliss-reactive ketones (excluding diaryl/α,β-unsaturated/α-hetero) is 1. The molecule has 0 saturated carbocycles. The molecule has 0 spiro atoms. The summed E-state index contributed by atoms with van der Waals surface area (Å²) in [5.41, 5.74) is 2.34. The molecule has 0 radical (unpaired) electrons. The van der Waals surface area contributed by atoms with Gasteiger partial charge < -0.3 is 0 Å². The van der Waals surface area contributed by atoms with Gasteiger partial charge in [-0.25, -0.2) is 4.39 Å². The van der Waals surface area contributed by atoms with Crippen LogP contribution in [-0.4, -0.2) is 5.78 Å². The monoisotopic (exact) mass is 306 g/mol. The lowest BCUT2D eigenvalue weighted by atomic mass is 10.0. The van der Waals surface area contributed by atoms with Gasteiger partial charge in [-0.1, -0.05) is 30.3 Å². The Morgan fingerprint density at radius 3 is 2.67 bits per heavy atom. The highest BCUT2D eigenvalue weighted by Crippen LogP contribution is 2.22. The first-order valence-corrected chi connectivity index (χ1v) is 6.40. The summed E-state index contributed by atoms with van der Waals surface area (Å²) in [6, 6.07) is 11.7. The zero-order chi connectivity index (χ0) is 13.1. The van der Waals surface area contributed by atoms with Crippen molar-refractivity contribution in [1.82, 2.24) is 0 Å². The summed E-state index contributed by atoms with van der Waals surface area (Å²) < 4.78 is 13.9. The highest BCUT2D eigenvalue weighted by molar-refractivity contribution is 9.10. The highest BCUT2D eigenvalue weighted by Gasteiger charge is 2.12. The van der Waals surface area contributed by atoms with Crippen LogP contribution in [0.4, 0.5) is 4.39 Å². The average molecular weight is 307 g/mol. The first-order chi connectivity index (χ1) is 8.58. The van der Waals surface area contributed by atoms with E-state index in [9.17, 15) is 9.18 Å². The SMILES string of the molecule is Cc1cccc(C(=O)Cc2cccc(F)c2)c1Br. The Labute approximate surface area is 114 Å². The first-order valence-electron chi connectivity index (χ1n) is 5.60. The first kappa shape index (κ1) is 13.0. The molecule has 2 aromatic carbocycles. The average Bonchev–Trinajstić information content (AvgIpc) is 2.32. The van der Waals surface area contributed by atoms with Crippen molar-refractivity contribution >= 4 is 21.7 Å². The Hall–Kier alpha value is -1.48. The quantitative estimate of drug-likeness (QED) is 0.772. The van der Waals surface area contributed by atoms with Crippen LogP contribution in [0.1, 0.15) is 21.5 Å². The molecule has 3 heteroatoms. The largest absolute Gasteiger partial charge is 0.294 e. The topological polar surface area (TPSA) is 17.1 Å². The molecule has 0 aliphatic carbocycles. The second-order valence-electron chi connectivity index (χ2n) is 4.17. The van der Waals surface area contributed by atoms with Crippen molar-refractivity contribution < 1.29 is 9.18 Å². The predicted molar refractivity (Wildman–Crippen MR) is 73.3 cm³/mol. The van der Waals surface area contributed by atoms with E-state index < -0.39 is 0 Å². The second kappa shape index (κ2) is 5.44. The molecular formula is C15H12BrFO. The van der Waals surface area contributed by atoms with Crippen molar-refractivity contribution in [3.8, 4) is 0 Å². The van der Waals surface area contributed by atoms with Crippen LogP contribution in [0.25, 0.3) is 0 Å². The second-order valence-corrected chi connectivity index (χ2v) is 4.96. The summed E-state index contributed by atoms with van der Waals surface area (Å²) in [6.45, 7) is 1.93. The summed E-state index contributed by atoms with van der Waals surface area (Å²) in [5, 5.41) is 0. The molecule has 0 aliphatic heterocycles. The van der Waals surface area contributed by atoms with Gasteiger partial charge in [-0.2, -0.15) is 0 Å². The third-order valence-corrected chi connectivity index (χ3v) is 3.80. The Bertz CT molecular complexity index is 593. The van der Waals surface area contributed by atoms with Crippen LogP contribution in [0, 0.1) is 12.7 Å². The summed E-state index contributed by atoms with van der Waals surface area (Å²) in [7, 11) is 0. The van der Waals surface area contributed by atoms with Gasteiger partial charge in [-0.15, -0.1) is 0 Å². The number of hydrogen-bond acceptors (Lipinski definition) is 1. The van der Waals surface area contributed by atoms with Gasteiger partial charge in [0.05, 0.1) is 0 Å². The zero-order valence-corrected chi connectivity index (χ0v) is 11.5. The van der Waals surface area contributed by atoms with E-state index in [4.69, 9.17) is 0 Å². The number of aryl methyl sites for hydroxylation is 1. The fraction of sp³-hybridized carbons (Fsp3) is 0.133. The van der Waals surface area contributed by atoms with Gasteiger partial charge in [0, 0.05) is 16.5 Å². The molecule has 0 aromatic heterocycles. The molecule has 0 bridgehead atoms. The van der Waals surface area contributed by atoms with E-state index in [-0.39, 0.29) is 18.0 Å². The van der Waals surface area contributed by atoms with Crippen LogP contribution in [0.2, 0.25) is 0 Å². The van der Waals surface area contributed by atoms with Crippen molar-refractivity contribution in [2.75, 3.05) is 0 Å². The minimum absolute atomic E-state index is 0.0174. The molecule has 2 aromatic rings. The number of halogens is 2. The standard InChI is InChI=1S/C15H12BrFO/c1-10-4-2-7-13(15(10)16)14(18)9-11-5-3-6-12(17)8-11/h2-8H,9H2,1H3. The van der Waals surface area contributed by atoms with Gasteiger partial charge in [-0.05, 0) is 46.1 Å². The summed E-state index contributed by atoms with van der Waals surface area (Å²) in [5.74, 6) is -0.334. The molecule has 1 nitrogen and oxygen atoms in total. The van der Waals surface area contributed by atoms with Crippen molar-refractivity contribution in [2.24, 2.45) is 0 Å². The summed E-state index contributed by atoms with van der Waals surface area (Å²) in [4.78, 5) is 12.1. The highest BCUT2D eigenvalue weighted by atomic mass is 79.9. The number of rotatable bonds is 3. The van der Waals surface area contributed by atoms with Gasteiger partial charge in [-0.3, -0.25) is 4.79 Å². The zero-order valence-electron chi connectivity index (χ0n) is 9.91. The van der Waals surface area contributed by atoms with Crippen molar-refractivity contribution in [3.05, 3.63) is 69.4 Å². The van der Waals surface area contributed by atoms with E-state index in [2.05, 4.69) is 15.9 Å². The molecular weight excluding hydrogens is 295 g/mol. The molecule has 18 heavy (non-hydrogen) atoms. The van der Waals surface area contributed by atoms with Crippen molar-refractivity contribution in [1.29, 1.82) is 0 Å². The third kappa shape index (κ3) is 2.85. The maximum absolute atomic E-state index is 13.0. The van der Waals surface area contributed by atoms with Gasteiger partial charge in [0.15, 0.2) is 5.78 Å². The van der Waals surface area contributed by atoms with E-state index >= 15 is 0 Å². The van der Waals surface area contributed by atoms with Crippen molar-refractivity contribution in [3.63, 3.8) is 0 Å². The van der Waals surface area contributed by atoms with Crippen LogP contribution in [0.5, 0.6) is 0 Å². The number of carbonyl (C=O) groups is 1. The smallest absolute Gasteiger partial charge is 0.168 e. The molecule has 2 rings (SSSR count). The Morgan fingerprint density at radius 2 is 1.94 bits per heavy atom. The van der Waals surface area contributed by atoms with E-state index in [1.807, 2.05) is 19.1 Å². The molecule has 92 valence electrons. The Kier molecular flexibility index (Phi) is 3.92. The Balaban J connectivity index is 2.25. The summed E-state index contributed by atoms with van der Waals surface area (Å²) >= 11 is 3.41. The molecule has 0 saturated heterocycles. The number of carbonyl (C=O) groups excluding carboxylic acids is 1. The van der Waals surface area contributed by atoms with Gasteiger partial charge in [0.2, 0.25) is 0 Å². The predicted octanol–water partition coefficient (Wildman–Crippen LogP) is 4.32. The molecule has 0 atom stereocenters. The van der Waals surface area contributed by atoms with Gasteiger partial charge in [0.1, 0.15) is 5.82 Å². The van der Waals surface area contributed by atoms with Gasteiger partial charge >= 0.3 is 0 Å². The lowest BCUT2D eigenvalue weighted by Gasteiger charge is -2.06. The van der Waals surface area contributed by atoms with Gasteiger partial charge in [0.25, 0.3) is 0 Å². The van der Waals surface area contributed by atoms with E-state index in [1.165, 1.54) is 12.1 Å². The van der Waals surface area contributed by atoms with Crippen LogP contribution >= 0.6 is 15.9 Å². The minimum Gasteiger partial charge on any atom is -0.294 e. The summed E-state index contributed by atoms with van der Waals surface area (Å²) in [6.07, 6.45) is 0.208. The van der Waals surface area contributed by atoms with Crippen LogP contribution in [-0.2, 0) is 6.42 Å². The van der Waals surface area contributed by atoms with E-state index in [0.717, 1.165) is 10.0 Å². The maximum atomic E-state index is 13.0. The molecule has 0 N–H and O–H groups in total. The molecule has 0 fully saturated rings. The van der Waals surface area contributed by atoms with Crippen LogP contribution < -0.4 is 0 Å². The molecule has 0 heterocycles. The van der Waals surface area contributed by atoms with E-state index in [1.54, 1.807) is 18.2 Å². The Morgan fingerprint density at radius 1 is 1.22 bits per heavy atom. The lowest BCUT2D eigenvalue weighted by molar-refractivity contribution is 0.0992. The number of ketones is 1. The molecule has 0 aliphatic rings. The maximum Gasteiger partial charge on any atom is 0.168 e. The minimum atomic E-state index is -0.316. The number of benzene rings is 2. The van der Waals surface area contributed by atoms with E-state index in [0.29, 0.717) is 11.1 Å². The van der Waals surface area contributed by atoms with Crippen molar-refractivity contribution in [2.45, 2.75) is 13.3 Å². The lowest BCUT2D eigenvalue weighted by Crippen LogP contribution is -2.05. The number of hydrogen-bond donors (Lipinski definition) is 0. The third-order valence-electron chi connectivity index (χ3n) is 2.75. The van der Waals surface area contributed by atoms with Crippen LogP contribution in [0.15, 0.2) is 46.9 Å². The molecule has 0 unspecified atom stereocenters. The molecule has 0 amide bonds. The fourth-order valence-corrected chi connectivity index (χ4v) is 2.28. The normalized spacial score (nSPS) is 10.4. The van der Waals surface area contributed by atoms with Crippen LogP contribution in [0.3, 0.4) is 0 Å².